The Morgan fingerprint density at radius 1 is 1.30 bits per heavy atom. The maximum Gasteiger partial charge on any atom is 0.416 e. The van der Waals surface area contributed by atoms with E-state index in [-0.39, 0.29) is 5.69 Å². The third kappa shape index (κ3) is 3.29. The Morgan fingerprint density at radius 3 is 2.35 bits per heavy atom. The zero-order valence-electron chi connectivity index (χ0n) is 11.2. The summed E-state index contributed by atoms with van der Waals surface area (Å²) in [5, 5.41) is 11.5. The van der Waals surface area contributed by atoms with Crippen LogP contribution in [0.1, 0.15) is 32.3 Å². The van der Waals surface area contributed by atoms with Gasteiger partial charge < -0.3 is 5.32 Å². The van der Waals surface area contributed by atoms with Crippen LogP contribution in [0.15, 0.2) is 24.3 Å². The van der Waals surface area contributed by atoms with Crippen molar-refractivity contribution in [3.8, 4) is 6.07 Å². The molecular formula is C14H15F3N2O. The van der Waals surface area contributed by atoms with Gasteiger partial charge in [-0.3, -0.25) is 4.79 Å². The highest BCUT2D eigenvalue weighted by atomic mass is 19.4. The minimum absolute atomic E-state index is 0.0337. The van der Waals surface area contributed by atoms with Crippen LogP contribution in [-0.2, 0) is 11.0 Å². The smallest absolute Gasteiger partial charge is 0.325 e. The molecule has 0 aromatic heterocycles. The van der Waals surface area contributed by atoms with Crippen LogP contribution in [0.3, 0.4) is 0 Å². The van der Waals surface area contributed by atoms with E-state index in [4.69, 9.17) is 5.26 Å². The molecule has 0 radical (unpaired) electrons. The van der Waals surface area contributed by atoms with Crippen LogP contribution >= 0.6 is 0 Å². The number of hydrogen-bond acceptors (Lipinski definition) is 2. The Kier molecular flexibility index (Phi) is 4.77. The SMILES string of the molecule is CCC(C#N)(CC)C(=O)Nc1cccc(C(F)(F)F)c1. The van der Waals surface area contributed by atoms with E-state index in [1.165, 1.54) is 12.1 Å². The van der Waals surface area contributed by atoms with Crippen LogP contribution in [0.2, 0.25) is 0 Å². The molecule has 1 N–H and O–H groups in total. The molecule has 3 nitrogen and oxygen atoms in total. The first kappa shape index (κ1) is 16.0. The average molecular weight is 284 g/mol. The highest BCUT2D eigenvalue weighted by Crippen LogP contribution is 2.32. The Bertz CT molecular complexity index is 528. The summed E-state index contributed by atoms with van der Waals surface area (Å²) in [6.45, 7) is 3.39. The van der Waals surface area contributed by atoms with Crippen LogP contribution < -0.4 is 5.32 Å². The Labute approximate surface area is 115 Å². The number of rotatable bonds is 4. The number of alkyl halides is 3. The van der Waals surface area contributed by atoms with Crippen molar-refractivity contribution in [3.05, 3.63) is 29.8 Å². The normalized spacial score (nSPS) is 11.8. The molecular weight excluding hydrogens is 269 g/mol. The lowest BCUT2D eigenvalue weighted by molar-refractivity contribution is -0.137. The largest absolute Gasteiger partial charge is 0.416 e. The quantitative estimate of drug-likeness (QED) is 0.909. The van der Waals surface area contributed by atoms with Gasteiger partial charge in [0.05, 0.1) is 11.6 Å². The lowest BCUT2D eigenvalue weighted by Crippen LogP contribution is -2.34. The van der Waals surface area contributed by atoms with E-state index in [2.05, 4.69) is 5.32 Å². The number of nitrogens with one attached hydrogen (secondary N) is 1. The first-order valence-electron chi connectivity index (χ1n) is 6.19. The van der Waals surface area contributed by atoms with Crippen molar-refractivity contribution in [1.29, 1.82) is 5.26 Å². The maximum absolute atomic E-state index is 12.6. The van der Waals surface area contributed by atoms with Crippen LogP contribution in [-0.4, -0.2) is 5.91 Å². The van der Waals surface area contributed by atoms with Crippen molar-refractivity contribution in [2.75, 3.05) is 5.32 Å². The number of hydrogen-bond donors (Lipinski definition) is 1. The molecule has 0 spiro atoms. The highest BCUT2D eigenvalue weighted by Gasteiger charge is 2.35. The minimum atomic E-state index is -4.47. The van der Waals surface area contributed by atoms with Crippen molar-refractivity contribution in [2.24, 2.45) is 5.41 Å². The van der Waals surface area contributed by atoms with Crippen LogP contribution in [0.25, 0.3) is 0 Å². The van der Waals surface area contributed by atoms with Gasteiger partial charge in [-0.1, -0.05) is 19.9 Å². The first-order valence-corrected chi connectivity index (χ1v) is 6.19. The van der Waals surface area contributed by atoms with Crippen molar-refractivity contribution >= 4 is 11.6 Å². The molecule has 20 heavy (non-hydrogen) atoms. The Hall–Kier alpha value is -2.03. The molecule has 0 atom stereocenters. The van der Waals surface area contributed by atoms with Crippen molar-refractivity contribution in [1.82, 2.24) is 0 Å². The fraction of sp³-hybridized carbons (Fsp3) is 0.429. The van der Waals surface area contributed by atoms with E-state index in [1.807, 2.05) is 6.07 Å². The molecule has 0 heterocycles. The molecule has 0 fully saturated rings. The lowest BCUT2D eigenvalue weighted by Gasteiger charge is -2.22. The molecule has 1 amide bonds. The summed E-state index contributed by atoms with van der Waals surface area (Å²) >= 11 is 0. The molecule has 0 bridgehead atoms. The summed E-state index contributed by atoms with van der Waals surface area (Å²) in [5.41, 5.74) is -2.02. The second-order valence-electron chi connectivity index (χ2n) is 4.43. The van der Waals surface area contributed by atoms with Gasteiger partial charge in [0.25, 0.3) is 0 Å². The fourth-order valence-corrected chi connectivity index (χ4v) is 1.80. The molecule has 0 aliphatic carbocycles. The average Bonchev–Trinajstić information content (AvgIpc) is 2.41. The van der Waals surface area contributed by atoms with Crippen molar-refractivity contribution < 1.29 is 18.0 Å². The van der Waals surface area contributed by atoms with E-state index in [0.717, 1.165) is 12.1 Å². The van der Waals surface area contributed by atoms with Crippen LogP contribution in [0, 0.1) is 16.7 Å². The molecule has 0 aliphatic rings. The fourth-order valence-electron chi connectivity index (χ4n) is 1.80. The zero-order chi connectivity index (χ0) is 15.4. The Balaban J connectivity index is 3.00. The van der Waals surface area contributed by atoms with Gasteiger partial charge in [0, 0.05) is 5.69 Å². The van der Waals surface area contributed by atoms with Gasteiger partial charge in [-0.2, -0.15) is 18.4 Å². The number of nitrogens with zero attached hydrogens (tertiary/aromatic N) is 1. The number of nitriles is 1. The molecule has 0 unspecified atom stereocenters. The van der Waals surface area contributed by atoms with Gasteiger partial charge in [0.1, 0.15) is 5.41 Å². The van der Waals surface area contributed by atoms with E-state index in [9.17, 15) is 18.0 Å². The maximum atomic E-state index is 12.6. The van der Waals surface area contributed by atoms with Crippen LogP contribution in [0.5, 0.6) is 0 Å². The summed E-state index contributed by atoms with van der Waals surface area (Å²) in [6, 6.07) is 6.30. The second-order valence-corrected chi connectivity index (χ2v) is 4.43. The molecule has 0 saturated heterocycles. The number of carbonyl (C=O) groups is 1. The summed E-state index contributed by atoms with van der Waals surface area (Å²) in [4.78, 5) is 12.1. The van der Waals surface area contributed by atoms with E-state index in [0.29, 0.717) is 12.8 Å². The molecule has 0 aliphatic heterocycles. The predicted octanol–water partition coefficient (Wildman–Crippen LogP) is 3.97. The van der Waals surface area contributed by atoms with Gasteiger partial charge >= 0.3 is 6.18 Å². The summed E-state index contributed by atoms with van der Waals surface area (Å²) in [6.07, 6.45) is -3.88. The third-order valence-corrected chi connectivity index (χ3v) is 3.30. The predicted molar refractivity (Wildman–Crippen MR) is 68.7 cm³/mol. The highest BCUT2D eigenvalue weighted by molar-refractivity contribution is 5.97. The minimum Gasteiger partial charge on any atom is -0.325 e. The number of amides is 1. The molecule has 1 aromatic carbocycles. The standard InChI is InChI=1S/C14H15F3N2O/c1-3-13(4-2,9-18)12(20)19-11-7-5-6-10(8-11)14(15,16)17/h5-8H,3-4H2,1-2H3,(H,19,20). The molecule has 6 heteroatoms. The third-order valence-electron chi connectivity index (χ3n) is 3.30. The molecule has 0 saturated carbocycles. The van der Waals surface area contributed by atoms with Gasteiger partial charge in [-0.05, 0) is 31.0 Å². The van der Waals surface area contributed by atoms with E-state index in [1.54, 1.807) is 13.8 Å². The summed E-state index contributed by atoms with van der Waals surface area (Å²) in [5.74, 6) is -0.579. The second kappa shape index (κ2) is 5.95. The van der Waals surface area contributed by atoms with E-state index < -0.39 is 23.1 Å². The van der Waals surface area contributed by atoms with Crippen LogP contribution in [0.4, 0.5) is 18.9 Å². The van der Waals surface area contributed by atoms with Gasteiger partial charge in [-0.25, -0.2) is 0 Å². The first-order chi connectivity index (χ1) is 9.29. The Morgan fingerprint density at radius 2 is 1.90 bits per heavy atom. The summed E-state index contributed by atoms with van der Waals surface area (Å²) < 4.78 is 37.7. The number of anilines is 1. The lowest BCUT2D eigenvalue weighted by atomic mass is 9.83. The van der Waals surface area contributed by atoms with Crippen molar-refractivity contribution in [3.63, 3.8) is 0 Å². The van der Waals surface area contributed by atoms with E-state index >= 15 is 0 Å². The topological polar surface area (TPSA) is 52.9 Å². The summed E-state index contributed by atoms with van der Waals surface area (Å²) in [7, 11) is 0. The molecule has 1 rings (SSSR count). The molecule has 1 aromatic rings. The number of halogens is 3. The molecule has 108 valence electrons. The zero-order valence-corrected chi connectivity index (χ0v) is 11.2. The number of carbonyl (C=O) groups excluding carboxylic acids is 1. The monoisotopic (exact) mass is 284 g/mol. The van der Waals surface area contributed by atoms with Gasteiger partial charge in [0.15, 0.2) is 0 Å². The van der Waals surface area contributed by atoms with Crippen molar-refractivity contribution in [2.45, 2.75) is 32.9 Å². The van der Waals surface area contributed by atoms with Gasteiger partial charge in [0.2, 0.25) is 5.91 Å². The number of benzene rings is 1. The van der Waals surface area contributed by atoms with Gasteiger partial charge in [-0.15, -0.1) is 0 Å².